The van der Waals surface area contributed by atoms with Gasteiger partial charge in [-0.15, -0.1) is 5.11 Å². The second-order valence-electron chi connectivity index (χ2n) is 5.90. The average molecular weight is 419 g/mol. The molecule has 2 N–H and O–H groups in total. The van der Waals surface area contributed by atoms with Crippen LogP contribution in [0, 0.1) is 18.3 Å². The van der Waals surface area contributed by atoms with Crippen molar-refractivity contribution in [2.45, 2.75) is 26.8 Å². The van der Waals surface area contributed by atoms with E-state index in [2.05, 4.69) is 10.2 Å². The van der Waals surface area contributed by atoms with E-state index in [0.29, 0.717) is 0 Å². The number of hydrogen-bond acceptors (Lipinski definition) is 8. The van der Waals surface area contributed by atoms with Gasteiger partial charge in [0.2, 0.25) is 5.88 Å². The Bertz CT molecular complexity index is 1060. The van der Waals surface area contributed by atoms with Gasteiger partial charge in [-0.1, -0.05) is 11.6 Å². The lowest BCUT2D eigenvalue weighted by atomic mass is 10.1. The Morgan fingerprint density at radius 1 is 1.38 bits per heavy atom. The van der Waals surface area contributed by atoms with Crippen molar-refractivity contribution in [3.63, 3.8) is 0 Å². The van der Waals surface area contributed by atoms with Crippen molar-refractivity contribution in [2.24, 2.45) is 10.2 Å². The molecule has 2 aromatic rings. The van der Waals surface area contributed by atoms with Crippen LogP contribution in [-0.4, -0.2) is 34.0 Å². The fourth-order valence-corrected chi connectivity index (χ4v) is 2.74. The number of carbonyl (C=O) groups is 1. The SMILES string of the molecule is CCOC(=O)c1cc(N=Nc2c(C)c(C#N)c(O)n(CCCO)c2=O)ccc1Cl. The molecule has 0 saturated carbocycles. The molecule has 1 aromatic carbocycles. The van der Waals surface area contributed by atoms with E-state index in [1.165, 1.54) is 25.1 Å². The van der Waals surface area contributed by atoms with Crippen LogP contribution in [0.1, 0.15) is 34.8 Å². The van der Waals surface area contributed by atoms with Gasteiger partial charge in [-0.25, -0.2) is 4.79 Å². The number of nitrogens with zero attached hydrogens (tertiary/aromatic N) is 4. The van der Waals surface area contributed by atoms with Gasteiger partial charge in [0.05, 0.1) is 22.9 Å². The predicted molar refractivity (Wildman–Crippen MR) is 105 cm³/mol. The number of rotatable bonds is 7. The van der Waals surface area contributed by atoms with Crippen molar-refractivity contribution in [3.05, 3.63) is 50.3 Å². The molecule has 0 radical (unpaired) electrons. The highest BCUT2D eigenvalue weighted by atomic mass is 35.5. The molecule has 152 valence electrons. The number of aromatic hydroxyl groups is 1. The van der Waals surface area contributed by atoms with Crippen LogP contribution in [0.5, 0.6) is 5.88 Å². The van der Waals surface area contributed by atoms with E-state index in [-0.39, 0.29) is 59.3 Å². The zero-order valence-corrected chi connectivity index (χ0v) is 16.6. The fourth-order valence-electron chi connectivity index (χ4n) is 2.54. The highest BCUT2D eigenvalue weighted by molar-refractivity contribution is 6.33. The van der Waals surface area contributed by atoms with Gasteiger partial charge in [-0.3, -0.25) is 9.36 Å². The molecule has 0 aliphatic heterocycles. The number of halogens is 1. The fraction of sp³-hybridized carbons (Fsp3) is 0.316. The Morgan fingerprint density at radius 2 is 2.10 bits per heavy atom. The third-order valence-electron chi connectivity index (χ3n) is 4.02. The highest BCUT2D eigenvalue weighted by Crippen LogP contribution is 2.28. The third kappa shape index (κ3) is 4.80. The van der Waals surface area contributed by atoms with Crippen LogP contribution in [0.2, 0.25) is 5.02 Å². The van der Waals surface area contributed by atoms with Gasteiger partial charge < -0.3 is 14.9 Å². The molecule has 0 aliphatic rings. The second kappa shape index (κ2) is 9.82. The van der Waals surface area contributed by atoms with Crippen molar-refractivity contribution in [1.29, 1.82) is 5.26 Å². The monoisotopic (exact) mass is 418 g/mol. The van der Waals surface area contributed by atoms with Gasteiger partial charge in [0.25, 0.3) is 5.56 Å². The van der Waals surface area contributed by atoms with E-state index in [9.17, 15) is 20.0 Å². The minimum Gasteiger partial charge on any atom is -0.493 e. The van der Waals surface area contributed by atoms with Crippen LogP contribution in [0.15, 0.2) is 33.2 Å². The quantitative estimate of drug-likeness (QED) is 0.522. The first-order chi connectivity index (χ1) is 13.8. The zero-order valence-electron chi connectivity index (χ0n) is 15.8. The van der Waals surface area contributed by atoms with Gasteiger partial charge in [-0.2, -0.15) is 10.4 Å². The van der Waals surface area contributed by atoms with Crippen LogP contribution in [0.25, 0.3) is 0 Å². The predicted octanol–water partition coefficient (Wildman–Crippen LogP) is 3.36. The molecule has 0 saturated heterocycles. The number of hydrogen-bond donors (Lipinski definition) is 2. The minimum atomic E-state index is -0.657. The van der Waals surface area contributed by atoms with Crippen LogP contribution in [-0.2, 0) is 11.3 Å². The molecular weight excluding hydrogens is 400 g/mol. The molecule has 0 atom stereocenters. The van der Waals surface area contributed by atoms with E-state index >= 15 is 0 Å². The number of azo groups is 1. The highest BCUT2D eigenvalue weighted by Gasteiger charge is 2.19. The lowest BCUT2D eigenvalue weighted by molar-refractivity contribution is 0.0526. The Morgan fingerprint density at radius 3 is 2.72 bits per heavy atom. The molecule has 0 amide bonds. The number of aromatic nitrogens is 1. The van der Waals surface area contributed by atoms with Crippen molar-refractivity contribution in [1.82, 2.24) is 4.57 Å². The number of benzene rings is 1. The Hall–Kier alpha value is -3.22. The number of nitriles is 1. The van der Waals surface area contributed by atoms with Crippen LogP contribution >= 0.6 is 11.6 Å². The number of aliphatic hydroxyl groups is 1. The number of aliphatic hydroxyl groups excluding tert-OH is 1. The lowest BCUT2D eigenvalue weighted by Gasteiger charge is -2.12. The smallest absolute Gasteiger partial charge is 0.339 e. The summed E-state index contributed by atoms with van der Waals surface area (Å²) in [7, 11) is 0. The molecule has 10 heteroatoms. The summed E-state index contributed by atoms with van der Waals surface area (Å²) in [5.74, 6) is -1.10. The largest absolute Gasteiger partial charge is 0.493 e. The van der Waals surface area contributed by atoms with Gasteiger partial charge in [-0.05, 0) is 38.5 Å². The molecule has 29 heavy (non-hydrogen) atoms. The maximum absolute atomic E-state index is 12.7. The number of ether oxygens (including phenoxy) is 1. The van der Waals surface area contributed by atoms with E-state index in [1.807, 2.05) is 6.07 Å². The molecule has 0 unspecified atom stereocenters. The normalized spacial score (nSPS) is 10.9. The first kappa shape index (κ1) is 22.1. The van der Waals surface area contributed by atoms with Crippen molar-refractivity contribution < 1.29 is 19.7 Å². The third-order valence-corrected chi connectivity index (χ3v) is 4.35. The first-order valence-corrected chi connectivity index (χ1v) is 9.09. The summed E-state index contributed by atoms with van der Waals surface area (Å²) in [6, 6.07) is 6.16. The first-order valence-electron chi connectivity index (χ1n) is 8.71. The molecule has 2 rings (SSSR count). The van der Waals surface area contributed by atoms with E-state index in [0.717, 1.165) is 4.57 Å². The standard InChI is InChI=1S/C19H19ClN4O5/c1-3-29-19(28)13-9-12(5-6-15(13)20)22-23-16-11(2)14(10-21)17(26)24(18(16)27)7-4-8-25/h5-6,9,25-26H,3-4,7-8H2,1-2H3. The minimum absolute atomic E-state index is 0.00655. The summed E-state index contributed by atoms with van der Waals surface area (Å²) in [5, 5.41) is 36.6. The molecule has 1 heterocycles. The van der Waals surface area contributed by atoms with Gasteiger partial charge in [0, 0.05) is 18.7 Å². The molecular formula is C19H19ClN4O5. The average Bonchev–Trinajstić information content (AvgIpc) is 2.69. The maximum atomic E-state index is 12.7. The second-order valence-corrected chi connectivity index (χ2v) is 6.31. The van der Waals surface area contributed by atoms with Crippen molar-refractivity contribution in [2.75, 3.05) is 13.2 Å². The van der Waals surface area contributed by atoms with Gasteiger partial charge in [0.1, 0.15) is 11.6 Å². The number of carbonyl (C=O) groups excluding carboxylic acids is 1. The van der Waals surface area contributed by atoms with Gasteiger partial charge >= 0.3 is 5.97 Å². The number of pyridine rings is 1. The summed E-state index contributed by atoms with van der Waals surface area (Å²) in [5.41, 5.74) is -0.394. The van der Waals surface area contributed by atoms with E-state index in [4.69, 9.17) is 21.4 Å². The number of esters is 1. The molecule has 0 fully saturated rings. The summed E-state index contributed by atoms with van der Waals surface area (Å²) in [6.07, 6.45) is 0.206. The Balaban J connectivity index is 2.53. The molecule has 0 spiro atoms. The summed E-state index contributed by atoms with van der Waals surface area (Å²) < 4.78 is 5.89. The van der Waals surface area contributed by atoms with Crippen molar-refractivity contribution >= 4 is 28.9 Å². The summed E-state index contributed by atoms with van der Waals surface area (Å²) in [6.45, 7) is 3.12. The maximum Gasteiger partial charge on any atom is 0.339 e. The lowest BCUT2D eigenvalue weighted by Crippen LogP contribution is -2.22. The summed E-state index contributed by atoms with van der Waals surface area (Å²) in [4.78, 5) is 24.6. The topological polar surface area (TPSA) is 137 Å². The van der Waals surface area contributed by atoms with E-state index < -0.39 is 17.4 Å². The van der Waals surface area contributed by atoms with Crippen molar-refractivity contribution in [3.8, 4) is 11.9 Å². The van der Waals surface area contributed by atoms with Crippen LogP contribution in [0.4, 0.5) is 11.4 Å². The van der Waals surface area contributed by atoms with Crippen LogP contribution in [0.3, 0.4) is 0 Å². The Kier molecular flexibility index (Phi) is 7.47. The summed E-state index contributed by atoms with van der Waals surface area (Å²) >= 11 is 6.01. The molecule has 9 nitrogen and oxygen atoms in total. The Labute approximate surface area is 171 Å². The van der Waals surface area contributed by atoms with Crippen LogP contribution < -0.4 is 5.56 Å². The van der Waals surface area contributed by atoms with E-state index in [1.54, 1.807) is 6.92 Å². The molecule has 0 aliphatic carbocycles. The molecule has 0 bridgehead atoms. The zero-order chi connectivity index (χ0) is 21.6. The van der Waals surface area contributed by atoms with Gasteiger partial charge in [0.15, 0.2) is 5.69 Å². The molecule has 1 aromatic heterocycles.